The summed E-state index contributed by atoms with van der Waals surface area (Å²) in [6, 6.07) is 13.1. The van der Waals surface area contributed by atoms with Crippen LogP contribution in [0.3, 0.4) is 0 Å². The van der Waals surface area contributed by atoms with Crippen LogP contribution in [0.5, 0.6) is 0 Å². The maximum Gasteiger partial charge on any atom is 0.275 e. The van der Waals surface area contributed by atoms with E-state index in [4.69, 9.17) is 11.6 Å². The summed E-state index contributed by atoms with van der Waals surface area (Å²) in [7, 11) is 0. The first-order chi connectivity index (χ1) is 12.0. The minimum Gasteiger partial charge on any atom is -0.339 e. The number of nitrogens with zero attached hydrogens (tertiary/aromatic N) is 2. The molecule has 0 spiro atoms. The van der Waals surface area contributed by atoms with Gasteiger partial charge in [-0.2, -0.15) is 0 Å². The molecule has 1 aromatic heterocycles. The number of anilines is 3. The summed E-state index contributed by atoms with van der Waals surface area (Å²) in [5.41, 5.74) is 3.87. The Balaban J connectivity index is 1.72. The molecule has 2 aromatic carbocycles. The molecule has 126 valence electrons. The number of hydrogen-bond donors (Lipinski definition) is 2. The van der Waals surface area contributed by atoms with E-state index in [9.17, 15) is 4.79 Å². The topological polar surface area (TPSA) is 66.9 Å². The molecule has 0 fully saturated rings. The fourth-order valence-corrected chi connectivity index (χ4v) is 2.45. The van der Waals surface area contributed by atoms with Gasteiger partial charge in [-0.3, -0.25) is 4.79 Å². The van der Waals surface area contributed by atoms with E-state index in [2.05, 4.69) is 20.6 Å². The van der Waals surface area contributed by atoms with Crippen LogP contribution in [0.4, 0.5) is 17.2 Å². The Bertz CT molecular complexity index is 910. The molecule has 0 unspecified atom stereocenters. The van der Waals surface area contributed by atoms with Gasteiger partial charge in [-0.25, -0.2) is 9.97 Å². The highest BCUT2D eigenvalue weighted by atomic mass is 35.5. The fourth-order valence-electron chi connectivity index (χ4n) is 2.28. The Morgan fingerprint density at radius 2 is 1.72 bits per heavy atom. The number of carbonyl (C=O) groups excluding carboxylic acids is 1. The highest BCUT2D eigenvalue weighted by molar-refractivity contribution is 6.30. The quantitative estimate of drug-likeness (QED) is 0.711. The molecule has 3 rings (SSSR count). The normalized spacial score (nSPS) is 10.4. The predicted octanol–water partition coefficient (Wildman–Crippen LogP) is 4.74. The molecule has 1 heterocycles. The molecule has 6 heteroatoms. The molecule has 0 atom stereocenters. The fraction of sp³-hybridized carbons (Fsp3) is 0.105. The van der Waals surface area contributed by atoms with Crippen molar-refractivity contribution in [1.82, 2.24) is 9.97 Å². The van der Waals surface area contributed by atoms with E-state index in [0.717, 1.165) is 22.5 Å². The first-order valence-corrected chi connectivity index (χ1v) is 8.13. The molecule has 5 nitrogen and oxygen atoms in total. The van der Waals surface area contributed by atoms with Gasteiger partial charge in [-0.1, -0.05) is 35.9 Å². The van der Waals surface area contributed by atoms with Crippen LogP contribution in [0.2, 0.25) is 5.02 Å². The molecule has 0 aliphatic heterocycles. The van der Waals surface area contributed by atoms with Crippen molar-refractivity contribution in [3.05, 3.63) is 76.7 Å². The van der Waals surface area contributed by atoms with Crippen molar-refractivity contribution in [2.24, 2.45) is 0 Å². The van der Waals surface area contributed by atoms with E-state index in [1.165, 1.54) is 12.4 Å². The molecule has 25 heavy (non-hydrogen) atoms. The number of halogens is 1. The number of aryl methyl sites for hydroxylation is 2. The zero-order valence-electron chi connectivity index (χ0n) is 13.9. The summed E-state index contributed by atoms with van der Waals surface area (Å²) < 4.78 is 0. The molecular weight excluding hydrogens is 336 g/mol. The Hall–Kier alpha value is -2.92. The lowest BCUT2D eigenvalue weighted by molar-refractivity contribution is 0.102. The SMILES string of the molecule is Cc1ccccc1NC(=O)c1cnc(Nc2cc(Cl)ccc2C)cn1. The van der Waals surface area contributed by atoms with Crippen LogP contribution >= 0.6 is 11.6 Å². The molecule has 3 aromatic rings. The van der Waals surface area contributed by atoms with Crippen molar-refractivity contribution in [1.29, 1.82) is 0 Å². The number of aromatic nitrogens is 2. The smallest absolute Gasteiger partial charge is 0.275 e. The highest BCUT2D eigenvalue weighted by Crippen LogP contribution is 2.23. The Kier molecular flexibility index (Phi) is 4.95. The van der Waals surface area contributed by atoms with Gasteiger partial charge >= 0.3 is 0 Å². The van der Waals surface area contributed by atoms with Gasteiger partial charge in [-0.15, -0.1) is 0 Å². The van der Waals surface area contributed by atoms with Gasteiger partial charge in [0.25, 0.3) is 5.91 Å². The average Bonchev–Trinajstić information content (AvgIpc) is 2.61. The van der Waals surface area contributed by atoms with Crippen LogP contribution in [-0.4, -0.2) is 15.9 Å². The number of nitrogens with one attached hydrogen (secondary N) is 2. The van der Waals surface area contributed by atoms with Crippen LogP contribution in [0.1, 0.15) is 21.6 Å². The van der Waals surface area contributed by atoms with Gasteiger partial charge in [0.1, 0.15) is 11.5 Å². The number of carbonyl (C=O) groups is 1. The van der Waals surface area contributed by atoms with Gasteiger partial charge in [-0.05, 0) is 43.2 Å². The summed E-state index contributed by atoms with van der Waals surface area (Å²) in [5, 5.41) is 6.62. The molecule has 0 saturated heterocycles. The monoisotopic (exact) mass is 352 g/mol. The van der Waals surface area contributed by atoms with Crippen LogP contribution in [0.25, 0.3) is 0 Å². The van der Waals surface area contributed by atoms with Crippen LogP contribution < -0.4 is 10.6 Å². The van der Waals surface area contributed by atoms with Crippen molar-refractivity contribution in [2.75, 3.05) is 10.6 Å². The molecule has 0 saturated carbocycles. The minimum atomic E-state index is -0.299. The van der Waals surface area contributed by atoms with Crippen LogP contribution in [0.15, 0.2) is 54.9 Å². The summed E-state index contributed by atoms with van der Waals surface area (Å²) in [6.45, 7) is 3.90. The number of para-hydroxylation sites is 1. The minimum absolute atomic E-state index is 0.247. The summed E-state index contributed by atoms with van der Waals surface area (Å²) >= 11 is 6.01. The summed E-state index contributed by atoms with van der Waals surface area (Å²) in [4.78, 5) is 20.7. The number of amides is 1. The van der Waals surface area contributed by atoms with E-state index < -0.39 is 0 Å². The van der Waals surface area contributed by atoms with Crippen molar-refractivity contribution in [2.45, 2.75) is 13.8 Å². The van der Waals surface area contributed by atoms with Gasteiger partial charge in [0.05, 0.1) is 12.4 Å². The standard InChI is InChI=1S/C19H17ClN4O/c1-12-5-3-4-6-15(12)24-19(25)17-10-22-18(11-21-17)23-16-9-14(20)8-7-13(16)2/h3-11H,1-2H3,(H,22,23)(H,24,25). The largest absolute Gasteiger partial charge is 0.339 e. The molecule has 0 aliphatic rings. The van der Waals surface area contributed by atoms with E-state index in [1.807, 2.05) is 56.3 Å². The van der Waals surface area contributed by atoms with E-state index in [1.54, 1.807) is 0 Å². The summed E-state index contributed by atoms with van der Waals surface area (Å²) in [6.07, 6.45) is 2.96. The lowest BCUT2D eigenvalue weighted by atomic mass is 10.2. The second-order valence-electron chi connectivity index (χ2n) is 5.64. The van der Waals surface area contributed by atoms with Crippen molar-refractivity contribution in [3.63, 3.8) is 0 Å². The van der Waals surface area contributed by atoms with Crippen LogP contribution in [-0.2, 0) is 0 Å². The molecule has 1 amide bonds. The molecular formula is C19H17ClN4O. The average molecular weight is 353 g/mol. The van der Waals surface area contributed by atoms with E-state index in [0.29, 0.717) is 10.8 Å². The van der Waals surface area contributed by atoms with E-state index >= 15 is 0 Å². The number of hydrogen-bond acceptors (Lipinski definition) is 4. The summed E-state index contributed by atoms with van der Waals surface area (Å²) in [5.74, 6) is 0.241. The number of benzene rings is 2. The van der Waals surface area contributed by atoms with Gasteiger partial charge in [0.2, 0.25) is 0 Å². The maximum absolute atomic E-state index is 12.3. The van der Waals surface area contributed by atoms with Crippen molar-refractivity contribution in [3.8, 4) is 0 Å². The maximum atomic E-state index is 12.3. The Labute approximate surface area is 151 Å². The predicted molar refractivity (Wildman–Crippen MR) is 101 cm³/mol. The second-order valence-corrected chi connectivity index (χ2v) is 6.08. The van der Waals surface area contributed by atoms with Crippen molar-refractivity contribution < 1.29 is 4.79 Å². The lowest BCUT2D eigenvalue weighted by Crippen LogP contribution is -2.15. The first kappa shape index (κ1) is 16.9. The molecule has 2 N–H and O–H groups in total. The van der Waals surface area contributed by atoms with Gasteiger partial charge in [0, 0.05) is 16.4 Å². The highest BCUT2D eigenvalue weighted by Gasteiger charge is 2.10. The van der Waals surface area contributed by atoms with E-state index in [-0.39, 0.29) is 11.6 Å². The second kappa shape index (κ2) is 7.32. The lowest BCUT2D eigenvalue weighted by Gasteiger charge is -2.10. The Morgan fingerprint density at radius 1 is 0.960 bits per heavy atom. The first-order valence-electron chi connectivity index (χ1n) is 7.75. The Morgan fingerprint density at radius 3 is 2.44 bits per heavy atom. The van der Waals surface area contributed by atoms with Gasteiger partial charge in [0.15, 0.2) is 0 Å². The third kappa shape index (κ3) is 4.14. The van der Waals surface area contributed by atoms with Gasteiger partial charge < -0.3 is 10.6 Å². The molecule has 0 bridgehead atoms. The zero-order valence-corrected chi connectivity index (χ0v) is 14.6. The molecule has 0 aliphatic carbocycles. The third-order valence-corrected chi connectivity index (χ3v) is 3.98. The van der Waals surface area contributed by atoms with Crippen LogP contribution in [0, 0.1) is 13.8 Å². The van der Waals surface area contributed by atoms with Crippen molar-refractivity contribution >= 4 is 34.7 Å². The molecule has 0 radical (unpaired) electrons. The third-order valence-electron chi connectivity index (χ3n) is 3.74. The zero-order chi connectivity index (χ0) is 17.8. The number of rotatable bonds is 4.